The summed E-state index contributed by atoms with van der Waals surface area (Å²) in [5, 5.41) is 9.84. The van der Waals surface area contributed by atoms with E-state index in [1.54, 1.807) is 0 Å². The van der Waals surface area contributed by atoms with Crippen LogP contribution in [0.4, 0.5) is 0 Å². The fraction of sp³-hybridized carbons (Fsp3) is 0. The normalized spacial score (nSPS) is 11.9. The van der Waals surface area contributed by atoms with Crippen LogP contribution in [0.3, 0.4) is 0 Å². The van der Waals surface area contributed by atoms with Crippen molar-refractivity contribution in [2.75, 3.05) is 0 Å². The van der Waals surface area contributed by atoms with Crippen LogP contribution in [0.15, 0.2) is 243 Å². The van der Waals surface area contributed by atoms with Crippen molar-refractivity contribution in [3.8, 4) is 29.0 Å². The van der Waals surface area contributed by atoms with Crippen LogP contribution in [-0.2, 0) is 0 Å². The van der Waals surface area contributed by atoms with E-state index in [2.05, 4.69) is 256 Å². The topological polar surface area (TPSA) is 53.5 Å². The first-order valence-corrected chi connectivity index (χ1v) is 24.4. The van der Waals surface area contributed by atoms with E-state index in [1.807, 2.05) is 0 Å². The lowest BCUT2D eigenvalue weighted by molar-refractivity contribution is 0.909. The summed E-state index contributed by atoms with van der Waals surface area (Å²) < 4.78 is 6.73. The Morgan fingerprint density at radius 3 is 1.18 bits per heavy atom. The number of hydrogen-bond acceptors (Lipinski definition) is 3. The van der Waals surface area contributed by atoms with Crippen molar-refractivity contribution in [2.24, 2.45) is 0 Å². The first-order valence-electron chi connectivity index (χ1n) is 22.4. The van der Waals surface area contributed by atoms with Crippen LogP contribution in [0.25, 0.3) is 83.6 Å². The minimum Gasteiger partial charge on any atom is -0.294 e. The molecular weight excluding hydrogens is 821 g/mol. The number of hydrogen-bond donors (Lipinski definition) is 0. The van der Waals surface area contributed by atoms with Crippen LogP contribution in [0.1, 0.15) is 0 Å². The second-order valence-electron chi connectivity index (χ2n) is 16.8. The van der Waals surface area contributed by atoms with Gasteiger partial charge in [0.25, 0.3) is 0 Å². The molecule has 0 aliphatic rings. The molecule has 6 nitrogen and oxygen atoms in total. The number of nitrogens with zero attached hydrogens (tertiary/aromatic N) is 6. The van der Waals surface area contributed by atoms with Gasteiger partial charge in [-0.2, -0.15) is 9.97 Å². The van der Waals surface area contributed by atoms with Gasteiger partial charge in [-0.1, -0.05) is 200 Å². The fourth-order valence-electron chi connectivity index (χ4n) is 10.5. The lowest BCUT2D eigenvalue weighted by Gasteiger charge is -2.34. The molecular formula is C59H40N6Si. The molecule has 310 valence electrons. The third-order valence-corrected chi connectivity index (χ3v) is 18.0. The van der Waals surface area contributed by atoms with Gasteiger partial charge in [0.1, 0.15) is 17.5 Å². The van der Waals surface area contributed by atoms with Crippen molar-refractivity contribution in [2.45, 2.75) is 0 Å². The van der Waals surface area contributed by atoms with Gasteiger partial charge >= 0.3 is 0 Å². The molecule has 0 bridgehead atoms. The molecule has 0 aliphatic carbocycles. The number of para-hydroxylation sites is 6. The number of imidazole rings is 1. The molecule has 0 radical (unpaired) electrons. The monoisotopic (exact) mass is 860 g/mol. The van der Waals surface area contributed by atoms with Gasteiger partial charge in [0.2, 0.25) is 5.95 Å². The Kier molecular flexibility index (Phi) is 8.76. The molecule has 0 saturated heterocycles. The molecule has 4 aromatic heterocycles. The highest BCUT2D eigenvalue weighted by Crippen LogP contribution is 2.36. The van der Waals surface area contributed by atoms with Gasteiger partial charge in [-0.25, -0.2) is 4.98 Å². The number of aromatic nitrogens is 6. The van der Waals surface area contributed by atoms with Crippen molar-refractivity contribution in [1.29, 1.82) is 0 Å². The van der Waals surface area contributed by atoms with Crippen molar-refractivity contribution in [3.05, 3.63) is 243 Å². The van der Waals surface area contributed by atoms with E-state index in [0.29, 0.717) is 11.8 Å². The maximum Gasteiger partial charge on any atom is 0.238 e. The van der Waals surface area contributed by atoms with Gasteiger partial charge in [-0.15, -0.1) is 0 Å². The number of rotatable bonds is 8. The summed E-state index contributed by atoms with van der Waals surface area (Å²) in [5.74, 6) is 2.85. The van der Waals surface area contributed by atoms with E-state index in [9.17, 15) is 0 Å². The molecule has 0 spiro atoms. The Balaban J connectivity index is 1.12. The minimum absolute atomic E-state index is 0.572. The second kappa shape index (κ2) is 15.3. The first kappa shape index (κ1) is 37.9. The molecule has 9 aromatic carbocycles. The molecule has 0 amide bonds. The van der Waals surface area contributed by atoms with E-state index in [-0.39, 0.29) is 0 Å². The molecule has 0 fully saturated rings. The molecule has 7 heteroatoms. The van der Waals surface area contributed by atoms with Crippen molar-refractivity contribution in [3.63, 3.8) is 0 Å². The molecule has 13 rings (SSSR count). The van der Waals surface area contributed by atoms with Crippen LogP contribution in [0.2, 0.25) is 0 Å². The van der Waals surface area contributed by atoms with Crippen LogP contribution in [-0.4, -0.2) is 36.7 Å². The highest BCUT2D eigenvalue weighted by atomic mass is 28.3. The smallest absolute Gasteiger partial charge is 0.238 e. The van der Waals surface area contributed by atoms with E-state index in [0.717, 1.165) is 61.1 Å². The third kappa shape index (κ3) is 5.77. The minimum atomic E-state index is -2.86. The standard InChI is InChI=1S/C59H40N6Si/c1-4-22-42(23-5-1)66(43-24-6-2-7-25-43,44-26-8-3-9-27-44)45-28-20-21-41(39-45)58-60-50-33-14-19-38-55(50)65(58)57-40-56(63-51-34-15-10-29-46(51)47-30-11-16-35-52(47)63)61-59(62-57)64-53-36-17-12-31-48(53)49-32-13-18-37-54(49)64/h1-40H. The Bertz CT molecular complexity index is 3610. The van der Waals surface area contributed by atoms with E-state index in [4.69, 9.17) is 15.0 Å². The van der Waals surface area contributed by atoms with Crippen molar-refractivity contribution >= 4 is 83.5 Å². The summed E-state index contributed by atoms with van der Waals surface area (Å²) in [4.78, 5) is 16.6. The third-order valence-electron chi connectivity index (χ3n) is 13.2. The van der Waals surface area contributed by atoms with Gasteiger partial charge < -0.3 is 0 Å². The quantitative estimate of drug-likeness (QED) is 0.113. The van der Waals surface area contributed by atoms with Crippen molar-refractivity contribution in [1.82, 2.24) is 28.7 Å². The van der Waals surface area contributed by atoms with Crippen LogP contribution in [0.5, 0.6) is 0 Å². The summed E-state index contributed by atoms with van der Waals surface area (Å²) in [7, 11) is -2.86. The summed E-state index contributed by atoms with van der Waals surface area (Å²) in [6, 6.07) is 87.1. The number of fused-ring (bicyclic) bond motifs is 7. The summed E-state index contributed by atoms with van der Waals surface area (Å²) in [6.45, 7) is 0. The van der Waals surface area contributed by atoms with Crippen LogP contribution >= 0.6 is 0 Å². The zero-order valence-corrected chi connectivity index (χ0v) is 36.8. The number of benzene rings is 9. The Morgan fingerprint density at radius 1 is 0.288 bits per heavy atom. The summed E-state index contributed by atoms with van der Waals surface area (Å²) >= 11 is 0. The fourth-order valence-corrected chi connectivity index (χ4v) is 15.2. The molecule has 0 atom stereocenters. The highest BCUT2D eigenvalue weighted by molar-refractivity contribution is 7.19. The molecule has 4 heterocycles. The summed E-state index contributed by atoms with van der Waals surface area (Å²) in [6.07, 6.45) is 0. The molecule has 0 unspecified atom stereocenters. The van der Waals surface area contributed by atoms with E-state index < -0.39 is 8.07 Å². The zero-order valence-electron chi connectivity index (χ0n) is 35.8. The Hall–Kier alpha value is -8.65. The van der Waals surface area contributed by atoms with Crippen LogP contribution < -0.4 is 20.7 Å². The maximum absolute atomic E-state index is 5.61. The lowest BCUT2D eigenvalue weighted by Crippen LogP contribution is -2.74. The van der Waals surface area contributed by atoms with Gasteiger partial charge in [0, 0.05) is 33.2 Å². The lowest BCUT2D eigenvalue weighted by atomic mass is 10.2. The van der Waals surface area contributed by atoms with Gasteiger partial charge in [-0.3, -0.25) is 13.7 Å². The molecule has 66 heavy (non-hydrogen) atoms. The summed E-state index contributed by atoms with van der Waals surface area (Å²) in [5.41, 5.74) is 7.06. The Morgan fingerprint density at radius 2 is 0.682 bits per heavy atom. The highest BCUT2D eigenvalue weighted by Gasteiger charge is 2.41. The average Bonchev–Trinajstić information content (AvgIpc) is 4.06. The van der Waals surface area contributed by atoms with Crippen molar-refractivity contribution < 1.29 is 0 Å². The largest absolute Gasteiger partial charge is 0.294 e. The predicted octanol–water partition coefficient (Wildman–Crippen LogP) is 11.1. The maximum atomic E-state index is 5.61. The van der Waals surface area contributed by atoms with Gasteiger partial charge in [0.15, 0.2) is 8.07 Å². The first-order chi connectivity index (χ1) is 32.8. The van der Waals surface area contributed by atoms with E-state index in [1.165, 1.54) is 31.5 Å². The molecule has 0 saturated carbocycles. The molecule has 0 N–H and O–H groups in total. The molecule has 13 aromatic rings. The second-order valence-corrected chi connectivity index (χ2v) is 20.6. The Labute approximate surface area is 382 Å². The zero-order chi connectivity index (χ0) is 43.6. The average molecular weight is 861 g/mol. The SMILES string of the molecule is c1ccc([Si](c2ccccc2)(c2ccccc2)c2cccc(-c3nc4ccccc4n3-c3cc(-n4c5ccccc5c5ccccc54)nc(-n4c5ccccc5c5ccccc54)n3)c2)cc1. The van der Waals surface area contributed by atoms with Crippen LogP contribution in [0, 0.1) is 0 Å². The predicted molar refractivity (Wildman–Crippen MR) is 274 cm³/mol. The van der Waals surface area contributed by atoms with E-state index >= 15 is 0 Å². The van der Waals surface area contributed by atoms with Gasteiger partial charge in [0.05, 0.1) is 33.1 Å². The molecule has 0 aliphatic heterocycles. The van der Waals surface area contributed by atoms with Gasteiger partial charge in [-0.05, 0) is 57.1 Å².